The molecule has 94 valence electrons. The van der Waals surface area contributed by atoms with Crippen LogP contribution in [-0.4, -0.2) is 4.98 Å². The lowest BCUT2D eigenvalue weighted by Gasteiger charge is -2.02. The van der Waals surface area contributed by atoms with Crippen LogP contribution in [0.3, 0.4) is 0 Å². The Morgan fingerprint density at radius 1 is 1.00 bits per heavy atom. The monoisotopic (exact) mass is 332 g/mol. The van der Waals surface area contributed by atoms with Gasteiger partial charge in [-0.1, -0.05) is 29.5 Å². The number of benzene rings is 1. The first-order valence-corrected chi connectivity index (χ1v) is 7.26. The molecule has 0 radical (unpaired) electrons. The van der Waals surface area contributed by atoms with Crippen molar-refractivity contribution in [1.29, 1.82) is 0 Å². The smallest absolute Gasteiger partial charge is 0.281 e. The molecule has 0 aliphatic carbocycles. The van der Waals surface area contributed by atoms with Gasteiger partial charge in [0.05, 0.1) is 11.1 Å². The fourth-order valence-electron chi connectivity index (χ4n) is 1.85. The zero-order valence-electron chi connectivity index (χ0n) is 9.79. The first-order chi connectivity index (χ1) is 9.27. The predicted molar refractivity (Wildman–Crippen MR) is 79.6 cm³/mol. The number of pyridine rings is 1. The van der Waals surface area contributed by atoms with Gasteiger partial charge < -0.3 is 5.21 Å². The number of halogens is 1. The lowest BCUT2D eigenvalue weighted by atomic mass is 10.2. The molecule has 2 heterocycles. The Labute approximate surface area is 122 Å². The Kier molecular flexibility index (Phi) is 3.31. The zero-order chi connectivity index (χ0) is 13.2. The van der Waals surface area contributed by atoms with Gasteiger partial charge >= 0.3 is 0 Å². The Bertz CT molecular complexity index is 698. The summed E-state index contributed by atoms with van der Waals surface area (Å²) in [5.41, 5.74) is 2.41. The molecule has 0 saturated heterocycles. The molecule has 3 nitrogen and oxygen atoms in total. The second-order valence-electron chi connectivity index (χ2n) is 3.93. The fourth-order valence-corrected chi connectivity index (χ4v) is 3.60. The molecular weight excluding hydrogens is 324 g/mol. The number of thiazole rings is 1. The molecule has 0 unspecified atom stereocenters. The Morgan fingerprint density at radius 3 is 2.37 bits per heavy atom. The minimum absolute atomic E-state index is 0.631. The van der Waals surface area contributed by atoms with E-state index in [2.05, 4.69) is 20.9 Å². The first-order valence-electron chi connectivity index (χ1n) is 5.65. The summed E-state index contributed by atoms with van der Waals surface area (Å²) in [7, 11) is 0. The molecule has 0 amide bonds. The molecule has 0 N–H and O–H groups in total. The van der Waals surface area contributed by atoms with E-state index in [1.165, 1.54) is 11.3 Å². The average molecular weight is 333 g/mol. The maximum Gasteiger partial charge on any atom is 0.281 e. The van der Waals surface area contributed by atoms with Crippen molar-refractivity contribution in [3.63, 3.8) is 0 Å². The van der Waals surface area contributed by atoms with E-state index in [-0.39, 0.29) is 0 Å². The number of aromatic nitrogens is 2. The van der Waals surface area contributed by atoms with Gasteiger partial charge in [-0.2, -0.15) is 4.73 Å². The topological polar surface area (TPSA) is 39.8 Å². The van der Waals surface area contributed by atoms with Crippen LogP contribution in [0, 0.1) is 5.21 Å². The quantitative estimate of drug-likeness (QED) is 0.527. The minimum atomic E-state index is 0.631. The van der Waals surface area contributed by atoms with Gasteiger partial charge in [0.15, 0.2) is 0 Å². The van der Waals surface area contributed by atoms with E-state index in [1.807, 2.05) is 42.5 Å². The van der Waals surface area contributed by atoms with Crippen molar-refractivity contribution in [2.45, 2.75) is 0 Å². The van der Waals surface area contributed by atoms with Crippen molar-refractivity contribution in [3.8, 4) is 21.8 Å². The summed E-state index contributed by atoms with van der Waals surface area (Å²) in [6.45, 7) is 0. The van der Waals surface area contributed by atoms with Crippen molar-refractivity contribution >= 4 is 27.3 Å². The molecule has 5 heteroatoms. The van der Waals surface area contributed by atoms with Gasteiger partial charge in [-0.3, -0.25) is 4.98 Å². The average Bonchev–Trinajstić information content (AvgIpc) is 2.76. The normalized spacial score (nSPS) is 10.6. The van der Waals surface area contributed by atoms with Crippen molar-refractivity contribution in [3.05, 3.63) is 63.9 Å². The highest BCUT2D eigenvalue weighted by Crippen LogP contribution is 2.35. The SMILES string of the molecule is [O-][n+]1c(-c2ccccc2)sc(Br)c1-c1ccncc1. The van der Waals surface area contributed by atoms with Crippen LogP contribution in [0.4, 0.5) is 0 Å². The second kappa shape index (κ2) is 5.11. The van der Waals surface area contributed by atoms with E-state index in [1.54, 1.807) is 12.4 Å². The van der Waals surface area contributed by atoms with Gasteiger partial charge in [0, 0.05) is 12.4 Å². The highest BCUT2D eigenvalue weighted by atomic mass is 79.9. The Morgan fingerprint density at radius 2 is 1.68 bits per heavy atom. The molecule has 0 saturated carbocycles. The summed E-state index contributed by atoms with van der Waals surface area (Å²) in [5.74, 6) is 0. The van der Waals surface area contributed by atoms with Gasteiger partial charge in [-0.05, 0) is 40.2 Å². The molecule has 0 aliphatic heterocycles. The van der Waals surface area contributed by atoms with Crippen LogP contribution in [0.25, 0.3) is 21.8 Å². The second-order valence-corrected chi connectivity index (χ2v) is 6.24. The number of hydrogen-bond acceptors (Lipinski definition) is 3. The van der Waals surface area contributed by atoms with Crippen LogP contribution in [0.1, 0.15) is 0 Å². The molecule has 2 aromatic heterocycles. The van der Waals surface area contributed by atoms with Crippen molar-refractivity contribution < 1.29 is 4.73 Å². The predicted octanol–water partition coefficient (Wildman–Crippen LogP) is 3.87. The van der Waals surface area contributed by atoms with Crippen LogP contribution >= 0.6 is 27.3 Å². The number of rotatable bonds is 2. The van der Waals surface area contributed by atoms with E-state index in [0.717, 1.165) is 19.6 Å². The van der Waals surface area contributed by atoms with Gasteiger partial charge in [-0.25, -0.2) is 0 Å². The van der Waals surface area contributed by atoms with Crippen molar-refractivity contribution in [2.24, 2.45) is 0 Å². The molecule has 0 atom stereocenters. The summed E-state index contributed by atoms with van der Waals surface area (Å²) in [6, 6.07) is 13.3. The third-order valence-electron chi connectivity index (χ3n) is 2.73. The largest absolute Gasteiger partial charge is 0.617 e. The summed E-state index contributed by atoms with van der Waals surface area (Å²) in [6.07, 6.45) is 3.36. The van der Waals surface area contributed by atoms with E-state index in [9.17, 15) is 5.21 Å². The van der Waals surface area contributed by atoms with Gasteiger partial charge in [0.2, 0.25) is 5.69 Å². The fraction of sp³-hybridized carbons (Fsp3) is 0. The van der Waals surface area contributed by atoms with Crippen molar-refractivity contribution in [1.82, 2.24) is 4.98 Å². The third-order valence-corrected chi connectivity index (χ3v) is 4.56. The molecule has 19 heavy (non-hydrogen) atoms. The highest BCUT2D eigenvalue weighted by molar-refractivity contribution is 9.11. The molecule has 0 fully saturated rings. The van der Waals surface area contributed by atoms with Crippen LogP contribution in [0.5, 0.6) is 0 Å². The van der Waals surface area contributed by atoms with Gasteiger partial charge in [0.1, 0.15) is 3.79 Å². The Balaban J connectivity index is 2.17. The maximum atomic E-state index is 12.5. The Hall–Kier alpha value is -1.72. The minimum Gasteiger partial charge on any atom is -0.617 e. The molecule has 0 spiro atoms. The van der Waals surface area contributed by atoms with Crippen LogP contribution in [0.2, 0.25) is 0 Å². The summed E-state index contributed by atoms with van der Waals surface area (Å²) >= 11 is 4.91. The maximum absolute atomic E-state index is 12.5. The molecule has 1 aromatic carbocycles. The standard InChI is InChI=1S/C14H9BrN2OS/c15-13-12(10-6-8-16-9-7-10)17(18)14(19-13)11-4-2-1-3-5-11/h1-9H. The lowest BCUT2D eigenvalue weighted by molar-refractivity contribution is -0.577. The summed E-state index contributed by atoms with van der Waals surface area (Å²) in [5, 5.41) is 13.1. The van der Waals surface area contributed by atoms with Crippen LogP contribution < -0.4 is 4.73 Å². The van der Waals surface area contributed by atoms with E-state index in [0.29, 0.717) is 10.7 Å². The lowest BCUT2D eigenvalue weighted by Crippen LogP contribution is -2.28. The summed E-state index contributed by atoms with van der Waals surface area (Å²) < 4.78 is 1.80. The molecule has 0 aliphatic rings. The molecular formula is C14H9BrN2OS. The summed E-state index contributed by atoms with van der Waals surface area (Å²) in [4.78, 5) is 3.97. The number of nitrogens with zero attached hydrogens (tertiary/aromatic N) is 2. The van der Waals surface area contributed by atoms with E-state index >= 15 is 0 Å². The third kappa shape index (κ3) is 2.27. The molecule has 0 bridgehead atoms. The van der Waals surface area contributed by atoms with Crippen LogP contribution in [-0.2, 0) is 0 Å². The molecule has 3 aromatic rings. The molecule has 3 rings (SSSR count). The van der Waals surface area contributed by atoms with Crippen molar-refractivity contribution in [2.75, 3.05) is 0 Å². The van der Waals surface area contributed by atoms with Gasteiger partial charge in [0.25, 0.3) is 5.01 Å². The van der Waals surface area contributed by atoms with E-state index < -0.39 is 0 Å². The van der Waals surface area contributed by atoms with Gasteiger partial charge in [-0.15, -0.1) is 0 Å². The zero-order valence-corrected chi connectivity index (χ0v) is 12.2. The number of hydrogen-bond donors (Lipinski definition) is 0. The highest BCUT2D eigenvalue weighted by Gasteiger charge is 2.23. The van der Waals surface area contributed by atoms with E-state index in [4.69, 9.17) is 0 Å². The van der Waals surface area contributed by atoms with Crippen LogP contribution in [0.15, 0.2) is 58.6 Å². The first kappa shape index (κ1) is 12.3.